The van der Waals surface area contributed by atoms with Gasteiger partial charge in [0, 0.05) is 23.0 Å². The lowest BCUT2D eigenvalue weighted by atomic mass is 10.1. The third-order valence-electron chi connectivity index (χ3n) is 3.65. The van der Waals surface area contributed by atoms with Crippen molar-refractivity contribution in [1.82, 2.24) is 4.90 Å². The number of halogens is 2. The van der Waals surface area contributed by atoms with Gasteiger partial charge in [0.15, 0.2) is 6.23 Å². The number of rotatable bonds is 4. The highest BCUT2D eigenvalue weighted by Gasteiger charge is 2.30. The Morgan fingerprint density at radius 1 is 1.26 bits per heavy atom. The van der Waals surface area contributed by atoms with Crippen LogP contribution in [0, 0.1) is 0 Å². The van der Waals surface area contributed by atoms with Gasteiger partial charge in [-0.2, -0.15) is 0 Å². The maximum absolute atomic E-state index is 12.6. The van der Waals surface area contributed by atoms with Crippen LogP contribution < -0.4 is 0 Å². The van der Waals surface area contributed by atoms with Gasteiger partial charge in [-0.3, -0.25) is 4.79 Å². The largest absolute Gasteiger partial charge is 0.510 e. The summed E-state index contributed by atoms with van der Waals surface area (Å²) in [7, 11) is 0. The number of amides is 1. The lowest BCUT2D eigenvalue weighted by molar-refractivity contribution is -0.145. The van der Waals surface area contributed by atoms with E-state index in [4.69, 9.17) is 32.7 Å². The van der Waals surface area contributed by atoms with E-state index in [1.165, 1.54) is 0 Å². The zero-order valence-electron chi connectivity index (χ0n) is 12.9. The molecular weight excluding hydrogens is 341 g/mol. The number of benzene rings is 1. The van der Waals surface area contributed by atoms with Crippen LogP contribution in [-0.4, -0.2) is 36.3 Å². The van der Waals surface area contributed by atoms with Crippen LogP contribution in [0.25, 0.3) is 0 Å². The van der Waals surface area contributed by atoms with Crippen LogP contribution in [0.4, 0.5) is 4.79 Å². The molecule has 1 unspecified atom stereocenters. The van der Waals surface area contributed by atoms with Crippen molar-refractivity contribution in [2.45, 2.75) is 38.8 Å². The number of carbonyl (C=O) groups excluding carboxylic acids is 2. The van der Waals surface area contributed by atoms with E-state index in [0.29, 0.717) is 28.6 Å². The first-order valence-electron chi connectivity index (χ1n) is 7.58. The van der Waals surface area contributed by atoms with E-state index >= 15 is 0 Å². The van der Waals surface area contributed by atoms with Gasteiger partial charge in [0.2, 0.25) is 5.91 Å². The molecule has 23 heavy (non-hydrogen) atoms. The molecule has 5 nitrogen and oxygen atoms in total. The molecule has 0 bridgehead atoms. The first-order chi connectivity index (χ1) is 11.0. The lowest BCUT2D eigenvalue weighted by Gasteiger charge is -2.34. The summed E-state index contributed by atoms with van der Waals surface area (Å²) in [6, 6.07) is 5.11. The molecule has 0 N–H and O–H groups in total. The van der Waals surface area contributed by atoms with Crippen molar-refractivity contribution in [3.8, 4) is 0 Å². The van der Waals surface area contributed by atoms with E-state index in [0.717, 1.165) is 12.8 Å². The predicted molar refractivity (Wildman–Crippen MR) is 87.6 cm³/mol. The molecule has 1 saturated heterocycles. The molecule has 0 radical (unpaired) electrons. The Bertz CT molecular complexity index is 559. The van der Waals surface area contributed by atoms with Gasteiger partial charge in [-0.1, -0.05) is 29.3 Å². The second-order valence-electron chi connectivity index (χ2n) is 5.22. The highest BCUT2D eigenvalue weighted by Crippen LogP contribution is 2.27. The molecule has 0 aliphatic carbocycles. The standard InChI is InChI=1S/C16H19Cl2NO4/c1-2-22-16(21)23-15-8-3-4-9-19(15)14(20)10-11-12(17)6-5-7-13(11)18/h5-7,15H,2-4,8-10H2,1H3. The van der Waals surface area contributed by atoms with E-state index in [1.807, 2.05) is 0 Å². The van der Waals surface area contributed by atoms with E-state index in [9.17, 15) is 9.59 Å². The number of carbonyl (C=O) groups is 2. The molecular formula is C16H19Cl2NO4. The van der Waals surface area contributed by atoms with Crippen molar-refractivity contribution >= 4 is 35.3 Å². The van der Waals surface area contributed by atoms with E-state index < -0.39 is 12.4 Å². The zero-order chi connectivity index (χ0) is 16.8. The minimum atomic E-state index is -0.757. The van der Waals surface area contributed by atoms with Crippen LogP contribution in [0.5, 0.6) is 0 Å². The van der Waals surface area contributed by atoms with Crippen molar-refractivity contribution in [2.75, 3.05) is 13.2 Å². The van der Waals surface area contributed by atoms with Crippen molar-refractivity contribution in [2.24, 2.45) is 0 Å². The molecule has 0 saturated carbocycles. The maximum Gasteiger partial charge on any atom is 0.510 e. The summed E-state index contributed by atoms with van der Waals surface area (Å²) in [5, 5.41) is 0.899. The van der Waals surface area contributed by atoms with Crippen LogP contribution in [0.15, 0.2) is 18.2 Å². The number of nitrogens with zero attached hydrogens (tertiary/aromatic N) is 1. The monoisotopic (exact) mass is 359 g/mol. The normalized spacial score (nSPS) is 17.7. The number of likely N-dealkylation sites (tertiary alicyclic amines) is 1. The molecule has 126 valence electrons. The Balaban J connectivity index is 2.07. The summed E-state index contributed by atoms with van der Waals surface area (Å²) in [6.07, 6.45) is 1.07. The molecule has 1 aromatic carbocycles. The Morgan fingerprint density at radius 3 is 2.61 bits per heavy atom. The van der Waals surface area contributed by atoms with Gasteiger partial charge >= 0.3 is 6.16 Å². The Kier molecular flexibility index (Phi) is 6.54. The molecule has 1 heterocycles. The maximum atomic E-state index is 12.6. The van der Waals surface area contributed by atoms with Crippen LogP contribution in [-0.2, 0) is 20.7 Å². The average molecular weight is 360 g/mol. The quantitative estimate of drug-likeness (QED) is 0.761. The third kappa shape index (κ3) is 4.75. The van der Waals surface area contributed by atoms with Crippen LogP contribution in [0.2, 0.25) is 10.0 Å². The molecule has 0 aromatic heterocycles. The SMILES string of the molecule is CCOC(=O)OC1CCCCN1C(=O)Cc1c(Cl)cccc1Cl. The van der Waals surface area contributed by atoms with Gasteiger partial charge in [0.1, 0.15) is 0 Å². The molecule has 1 aliphatic rings. The summed E-state index contributed by atoms with van der Waals surface area (Å²) in [6.45, 7) is 2.46. The number of ether oxygens (including phenoxy) is 2. The van der Waals surface area contributed by atoms with Crippen LogP contribution >= 0.6 is 23.2 Å². The summed E-state index contributed by atoms with van der Waals surface area (Å²) < 4.78 is 10.0. The molecule has 1 amide bonds. The highest BCUT2D eigenvalue weighted by atomic mass is 35.5. The first-order valence-corrected chi connectivity index (χ1v) is 8.34. The number of piperidine rings is 1. The average Bonchev–Trinajstić information content (AvgIpc) is 2.51. The van der Waals surface area contributed by atoms with Crippen molar-refractivity contribution < 1.29 is 19.1 Å². The number of hydrogen-bond acceptors (Lipinski definition) is 4. The molecule has 1 aliphatic heterocycles. The predicted octanol–water partition coefficient (Wildman–Crippen LogP) is 4.05. The molecule has 1 aromatic rings. The van der Waals surface area contributed by atoms with E-state index in [2.05, 4.69) is 0 Å². The van der Waals surface area contributed by atoms with Crippen LogP contribution in [0.1, 0.15) is 31.7 Å². The van der Waals surface area contributed by atoms with Gasteiger partial charge in [0.05, 0.1) is 13.0 Å². The van der Waals surface area contributed by atoms with Crippen molar-refractivity contribution in [1.29, 1.82) is 0 Å². The highest BCUT2D eigenvalue weighted by molar-refractivity contribution is 6.36. The minimum Gasteiger partial charge on any atom is -0.435 e. The third-order valence-corrected chi connectivity index (χ3v) is 4.36. The fourth-order valence-electron chi connectivity index (χ4n) is 2.53. The van der Waals surface area contributed by atoms with Crippen molar-refractivity contribution in [3.63, 3.8) is 0 Å². The molecule has 7 heteroatoms. The number of hydrogen-bond donors (Lipinski definition) is 0. The molecule has 1 fully saturated rings. The minimum absolute atomic E-state index is 0.0706. The van der Waals surface area contributed by atoms with Gasteiger partial charge in [0.25, 0.3) is 0 Å². The Morgan fingerprint density at radius 2 is 1.96 bits per heavy atom. The topological polar surface area (TPSA) is 55.8 Å². The first kappa shape index (κ1) is 17.9. The summed E-state index contributed by atoms with van der Waals surface area (Å²) in [5.74, 6) is -0.172. The fraction of sp³-hybridized carbons (Fsp3) is 0.500. The summed E-state index contributed by atoms with van der Waals surface area (Å²) >= 11 is 12.2. The van der Waals surface area contributed by atoms with Gasteiger partial charge in [-0.15, -0.1) is 0 Å². The fourth-order valence-corrected chi connectivity index (χ4v) is 3.06. The second kappa shape index (κ2) is 8.41. The van der Waals surface area contributed by atoms with Crippen molar-refractivity contribution in [3.05, 3.63) is 33.8 Å². The van der Waals surface area contributed by atoms with Gasteiger partial charge in [-0.25, -0.2) is 4.79 Å². The summed E-state index contributed by atoms with van der Waals surface area (Å²) in [5.41, 5.74) is 0.585. The smallest absolute Gasteiger partial charge is 0.435 e. The van der Waals surface area contributed by atoms with Gasteiger partial charge in [-0.05, 0) is 37.5 Å². The Labute approximate surface area is 145 Å². The van der Waals surface area contributed by atoms with Gasteiger partial charge < -0.3 is 14.4 Å². The van der Waals surface area contributed by atoms with E-state index in [-0.39, 0.29) is 18.9 Å². The van der Waals surface area contributed by atoms with Crippen LogP contribution in [0.3, 0.4) is 0 Å². The molecule has 0 spiro atoms. The molecule has 2 rings (SSSR count). The molecule has 1 atom stereocenters. The zero-order valence-corrected chi connectivity index (χ0v) is 14.4. The summed E-state index contributed by atoms with van der Waals surface area (Å²) in [4.78, 5) is 25.7. The Hall–Kier alpha value is -1.46. The second-order valence-corrected chi connectivity index (χ2v) is 6.03. The van der Waals surface area contributed by atoms with E-state index in [1.54, 1.807) is 30.0 Å². The lowest BCUT2D eigenvalue weighted by Crippen LogP contribution is -2.46.